The van der Waals surface area contributed by atoms with Gasteiger partial charge in [-0.2, -0.15) is 0 Å². The normalized spacial score (nSPS) is 24.0. The Morgan fingerprint density at radius 2 is 2.33 bits per heavy atom. The number of esters is 1. The minimum atomic E-state index is -0.390. The number of ether oxygens (including phenoxy) is 1. The van der Waals surface area contributed by atoms with Crippen molar-refractivity contribution >= 4 is 5.97 Å². The number of hydrogen-bond donors (Lipinski definition) is 1. The second-order valence-electron chi connectivity index (χ2n) is 3.15. The first-order valence-corrected chi connectivity index (χ1v) is 4.17. The van der Waals surface area contributed by atoms with Crippen molar-refractivity contribution in [1.82, 2.24) is 0 Å². The first kappa shape index (κ1) is 9.10. The Morgan fingerprint density at radius 3 is 2.92 bits per heavy atom. The molecule has 0 amide bonds. The summed E-state index contributed by atoms with van der Waals surface area (Å²) in [5.74, 6) is -0.0694. The highest BCUT2D eigenvalue weighted by atomic mass is 16.5. The molecule has 0 aromatic carbocycles. The SMILES string of the molecule is COC(=O)C1=C(O)C(C)CCC1. The van der Waals surface area contributed by atoms with Crippen LogP contribution >= 0.6 is 0 Å². The third-order valence-corrected chi connectivity index (χ3v) is 2.27. The second-order valence-corrected chi connectivity index (χ2v) is 3.15. The number of methoxy groups -OCH3 is 1. The summed E-state index contributed by atoms with van der Waals surface area (Å²) < 4.78 is 4.55. The highest BCUT2D eigenvalue weighted by Crippen LogP contribution is 2.28. The van der Waals surface area contributed by atoms with Gasteiger partial charge in [0.2, 0.25) is 0 Å². The van der Waals surface area contributed by atoms with Gasteiger partial charge in [-0.1, -0.05) is 6.92 Å². The summed E-state index contributed by atoms with van der Waals surface area (Å²) in [7, 11) is 1.34. The predicted molar refractivity (Wildman–Crippen MR) is 44.7 cm³/mol. The molecule has 0 aromatic rings. The topological polar surface area (TPSA) is 46.5 Å². The summed E-state index contributed by atoms with van der Waals surface area (Å²) in [6.07, 6.45) is 2.55. The summed E-state index contributed by atoms with van der Waals surface area (Å²) in [4.78, 5) is 11.1. The molecule has 3 heteroatoms. The molecule has 1 aliphatic carbocycles. The summed E-state index contributed by atoms with van der Waals surface area (Å²) in [5.41, 5.74) is 0.455. The largest absolute Gasteiger partial charge is 0.511 e. The van der Waals surface area contributed by atoms with Crippen LogP contribution in [0.1, 0.15) is 26.2 Å². The van der Waals surface area contributed by atoms with E-state index >= 15 is 0 Å². The molecule has 0 saturated heterocycles. The number of aliphatic hydroxyl groups is 1. The molecule has 1 unspecified atom stereocenters. The maximum absolute atomic E-state index is 11.1. The Balaban J connectivity index is 2.85. The minimum absolute atomic E-state index is 0.104. The van der Waals surface area contributed by atoms with E-state index in [1.807, 2.05) is 6.92 Å². The molecular formula is C9H14O3. The Hall–Kier alpha value is -0.990. The highest BCUT2D eigenvalue weighted by molar-refractivity contribution is 5.89. The number of carbonyl (C=O) groups is 1. The average molecular weight is 170 g/mol. The Labute approximate surface area is 72.0 Å². The molecule has 68 valence electrons. The van der Waals surface area contributed by atoms with Gasteiger partial charge >= 0.3 is 5.97 Å². The van der Waals surface area contributed by atoms with Crippen LogP contribution < -0.4 is 0 Å². The quantitative estimate of drug-likeness (QED) is 0.610. The molecule has 0 aromatic heterocycles. The summed E-state index contributed by atoms with van der Waals surface area (Å²) in [6.45, 7) is 1.91. The van der Waals surface area contributed by atoms with Gasteiger partial charge in [0, 0.05) is 5.92 Å². The van der Waals surface area contributed by atoms with Gasteiger partial charge in [0.25, 0.3) is 0 Å². The first-order chi connectivity index (χ1) is 5.66. The fraction of sp³-hybridized carbons (Fsp3) is 0.667. The Morgan fingerprint density at radius 1 is 1.67 bits per heavy atom. The smallest absolute Gasteiger partial charge is 0.337 e. The molecule has 0 fully saturated rings. The Bertz CT molecular complexity index is 218. The third-order valence-electron chi connectivity index (χ3n) is 2.27. The predicted octanol–water partition coefficient (Wildman–Crippen LogP) is 1.79. The summed E-state index contributed by atoms with van der Waals surface area (Å²) in [6, 6.07) is 0. The van der Waals surface area contributed by atoms with Crippen LogP contribution in [0.15, 0.2) is 11.3 Å². The van der Waals surface area contributed by atoms with Crippen molar-refractivity contribution in [1.29, 1.82) is 0 Å². The fourth-order valence-electron chi connectivity index (χ4n) is 1.48. The zero-order valence-corrected chi connectivity index (χ0v) is 7.46. The van der Waals surface area contributed by atoms with Crippen LogP contribution in [0.25, 0.3) is 0 Å². The van der Waals surface area contributed by atoms with Gasteiger partial charge in [-0.3, -0.25) is 0 Å². The molecular weight excluding hydrogens is 156 g/mol. The monoisotopic (exact) mass is 170 g/mol. The first-order valence-electron chi connectivity index (χ1n) is 4.17. The van der Waals surface area contributed by atoms with Crippen molar-refractivity contribution in [3.05, 3.63) is 11.3 Å². The van der Waals surface area contributed by atoms with Crippen LogP contribution in [-0.2, 0) is 9.53 Å². The van der Waals surface area contributed by atoms with Crippen LogP contribution in [0.5, 0.6) is 0 Å². The van der Waals surface area contributed by atoms with E-state index < -0.39 is 0 Å². The molecule has 1 N–H and O–H groups in total. The van der Waals surface area contributed by atoms with E-state index in [1.165, 1.54) is 7.11 Å². The molecule has 3 nitrogen and oxygen atoms in total. The van der Waals surface area contributed by atoms with E-state index in [0.29, 0.717) is 12.0 Å². The molecule has 0 radical (unpaired) electrons. The summed E-state index contributed by atoms with van der Waals surface area (Å²) >= 11 is 0. The zero-order chi connectivity index (χ0) is 9.14. The number of rotatable bonds is 1. The lowest BCUT2D eigenvalue weighted by Crippen LogP contribution is -2.16. The van der Waals surface area contributed by atoms with Gasteiger partial charge in [-0.05, 0) is 19.3 Å². The van der Waals surface area contributed by atoms with Crippen molar-refractivity contribution in [2.75, 3.05) is 7.11 Å². The van der Waals surface area contributed by atoms with E-state index in [-0.39, 0.29) is 17.6 Å². The third kappa shape index (κ3) is 1.60. The zero-order valence-electron chi connectivity index (χ0n) is 7.46. The fourth-order valence-corrected chi connectivity index (χ4v) is 1.48. The lowest BCUT2D eigenvalue weighted by Gasteiger charge is -2.19. The number of carbonyl (C=O) groups excluding carboxylic acids is 1. The van der Waals surface area contributed by atoms with Crippen molar-refractivity contribution in [2.24, 2.45) is 5.92 Å². The van der Waals surface area contributed by atoms with Crippen LogP contribution in [0.4, 0.5) is 0 Å². The molecule has 0 aliphatic heterocycles. The molecule has 0 heterocycles. The van der Waals surface area contributed by atoms with Crippen molar-refractivity contribution in [3.8, 4) is 0 Å². The lowest BCUT2D eigenvalue weighted by molar-refractivity contribution is -0.136. The second kappa shape index (κ2) is 3.61. The van der Waals surface area contributed by atoms with Crippen LogP contribution in [0.2, 0.25) is 0 Å². The molecule has 1 rings (SSSR count). The van der Waals surface area contributed by atoms with E-state index in [9.17, 15) is 9.90 Å². The number of allylic oxidation sites excluding steroid dienone is 1. The Kier molecular flexibility index (Phi) is 2.74. The minimum Gasteiger partial charge on any atom is -0.511 e. The van der Waals surface area contributed by atoms with E-state index in [0.717, 1.165) is 12.8 Å². The molecule has 0 spiro atoms. The number of hydrogen-bond acceptors (Lipinski definition) is 3. The van der Waals surface area contributed by atoms with Gasteiger partial charge in [0.05, 0.1) is 12.7 Å². The van der Waals surface area contributed by atoms with Gasteiger partial charge in [0.1, 0.15) is 5.76 Å². The molecule has 12 heavy (non-hydrogen) atoms. The van der Waals surface area contributed by atoms with E-state index in [4.69, 9.17) is 0 Å². The van der Waals surface area contributed by atoms with Gasteiger partial charge in [-0.15, -0.1) is 0 Å². The maximum Gasteiger partial charge on any atom is 0.337 e. The van der Waals surface area contributed by atoms with Crippen molar-refractivity contribution < 1.29 is 14.6 Å². The molecule has 0 bridgehead atoms. The van der Waals surface area contributed by atoms with Crippen LogP contribution in [0.3, 0.4) is 0 Å². The van der Waals surface area contributed by atoms with E-state index in [1.54, 1.807) is 0 Å². The van der Waals surface area contributed by atoms with E-state index in [2.05, 4.69) is 4.74 Å². The van der Waals surface area contributed by atoms with Crippen LogP contribution in [-0.4, -0.2) is 18.2 Å². The molecule has 1 aliphatic rings. The average Bonchev–Trinajstić information content (AvgIpc) is 2.08. The maximum atomic E-state index is 11.1. The number of aliphatic hydroxyl groups excluding tert-OH is 1. The standard InChI is InChI=1S/C9H14O3/c1-6-4-3-5-7(8(6)10)9(11)12-2/h6,10H,3-5H2,1-2H3. The van der Waals surface area contributed by atoms with Crippen LogP contribution in [0, 0.1) is 5.92 Å². The molecule has 0 saturated carbocycles. The van der Waals surface area contributed by atoms with Gasteiger partial charge < -0.3 is 9.84 Å². The lowest BCUT2D eigenvalue weighted by atomic mass is 9.90. The summed E-state index contributed by atoms with van der Waals surface area (Å²) in [5, 5.41) is 9.52. The van der Waals surface area contributed by atoms with Gasteiger partial charge in [-0.25, -0.2) is 4.79 Å². The van der Waals surface area contributed by atoms with Crippen molar-refractivity contribution in [3.63, 3.8) is 0 Å². The van der Waals surface area contributed by atoms with Crippen molar-refractivity contribution in [2.45, 2.75) is 26.2 Å². The molecule has 1 atom stereocenters. The highest BCUT2D eigenvalue weighted by Gasteiger charge is 2.23. The van der Waals surface area contributed by atoms with Gasteiger partial charge in [0.15, 0.2) is 0 Å².